The first-order valence-electron chi connectivity index (χ1n) is 5.41. The first-order valence-corrected chi connectivity index (χ1v) is 7.19. The maximum atomic E-state index is 11.0. The van der Waals surface area contributed by atoms with Crippen molar-refractivity contribution in [3.63, 3.8) is 0 Å². The van der Waals surface area contributed by atoms with E-state index in [2.05, 4.69) is 28.1 Å². The number of benzene rings is 2. The van der Waals surface area contributed by atoms with Gasteiger partial charge in [-0.15, -0.1) is 11.8 Å². The van der Waals surface area contributed by atoms with E-state index < -0.39 is 0 Å². The molecule has 0 fully saturated rings. The van der Waals surface area contributed by atoms with E-state index in [9.17, 15) is 4.79 Å². The molecular weight excluding hydrogens is 310 g/mol. The van der Waals surface area contributed by atoms with Crippen molar-refractivity contribution in [2.45, 2.75) is 10.6 Å². The fourth-order valence-corrected chi connectivity index (χ4v) is 2.75. The third-order valence-corrected chi connectivity index (χ3v) is 4.16. The van der Waals surface area contributed by atoms with Gasteiger partial charge in [0.15, 0.2) is 6.29 Å². The van der Waals surface area contributed by atoms with Crippen LogP contribution in [0.4, 0.5) is 5.69 Å². The highest BCUT2D eigenvalue weighted by Gasteiger charge is 2.03. The van der Waals surface area contributed by atoms with Crippen molar-refractivity contribution in [1.29, 1.82) is 0 Å². The largest absolute Gasteiger partial charge is 0.399 e. The summed E-state index contributed by atoms with van der Waals surface area (Å²) < 4.78 is 1.07. The Labute approximate surface area is 119 Å². The van der Waals surface area contributed by atoms with Gasteiger partial charge in [0.1, 0.15) is 0 Å². The summed E-state index contributed by atoms with van der Waals surface area (Å²) in [7, 11) is 0. The molecule has 0 aliphatic heterocycles. The van der Waals surface area contributed by atoms with Gasteiger partial charge in [0.2, 0.25) is 0 Å². The van der Waals surface area contributed by atoms with Crippen LogP contribution in [-0.2, 0) is 5.75 Å². The monoisotopic (exact) mass is 321 g/mol. The summed E-state index contributed by atoms with van der Waals surface area (Å²) in [6.45, 7) is 0. The highest BCUT2D eigenvalue weighted by atomic mass is 79.9. The van der Waals surface area contributed by atoms with E-state index >= 15 is 0 Å². The van der Waals surface area contributed by atoms with Crippen LogP contribution in [0.1, 0.15) is 15.9 Å². The molecule has 0 bridgehead atoms. The smallest absolute Gasteiger partial charge is 0.151 e. The van der Waals surface area contributed by atoms with E-state index in [0.717, 1.165) is 21.4 Å². The molecule has 4 heteroatoms. The number of nitrogens with two attached hydrogens (primary N) is 1. The van der Waals surface area contributed by atoms with Crippen molar-refractivity contribution < 1.29 is 4.79 Å². The van der Waals surface area contributed by atoms with Crippen molar-refractivity contribution in [2.75, 3.05) is 5.73 Å². The average molecular weight is 322 g/mol. The molecule has 0 aliphatic carbocycles. The molecule has 0 saturated carbocycles. The number of aldehydes is 1. The maximum Gasteiger partial charge on any atom is 0.151 e. The molecule has 2 aromatic rings. The summed E-state index contributed by atoms with van der Waals surface area (Å²) in [6.07, 6.45) is 0.847. The second kappa shape index (κ2) is 6.07. The Kier molecular flexibility index (Phi) is 4.44. The van der Waals surface area contributed by atoms with Crippen molar-refractivity contribution in [2.24, 2.45) is 0 Å². The maximum absolute atomic E-state index is 11.0. The van der Waals surface area contributed by atoms with Crippen LogP contribution in [0.25, 0.3) is 0 Å². The molecule has 2 aromatic carbocycles. The molecule has 0 saturated heterocycles. The molecule has 2 nitrogen and oxygen atoms in total. The molecule has 92 valence electrons. The Morgan fingerprint density at radius 2 is 1.89 bits per heavy atom. The fraction of sp³-hybridized carbons (Fsp3) is 0.0714. The Hall–Kier alpha value is -1.26. The van der Waals surface area contributed by atoms with E-state index in [0.29, 0.717) is 11.3 Å². The highest BCUT2D eigenvalue weighted by molar-refractivity contribution is 9.10. The van der Waals surface area contributed by atoms with Crippen molar-refractivity contribution >= 4 is 39.7 Å². The SMILES string of the molecule is Nc1ccc(SCc2ccc(Br)cc2)c(C=O)c1. The zero-order chi connectivity index (χ0) is 13.0. The third kappa shape index (κ3) is 3.37. The zero-order valence-electron chi connectivity index (χ0n) is 9.60. The van der Waals surface area contributed by atoms with Crippen LogP contribution in [-0.4, -0.2) is 6.29 Å². The number of thioether (sulfide) groups is 1. The van der Waals surface area contributed by atoms with E-state index in [1.165, 1.54) is 5.56 Å². The topological polar surface area (TPSA) is 43.1 Å². The molecule has 0 spiro atoms. The van der Waals surface area contributed by atoms with E-state index in [-0.39, 0.29) is 0 Å². The van der Waals surface area contributed by atoms with Crippen LogP contribution in [0, 0.1) is 0 Å². The summed E-state index contributed by atoms with van der Waals surface area (Å²) in [4.78, 5) is 11.9. The Bertz CT molecular complexity index is 554. The van der Waals surface area contributed by atoms with E-state index in [1.54, 1.807) is 17.8 Å². The lowest BCUT2D eigenvalue weighted by atomic mass is 10.2. The second-order valence-corrected chi connectivity index (χ2v) is 5.76. The van der Waals surface area contributed by atoms with E-state index in [4.69, 9.17) is 5.73 Å². The number of nitrogen functional groups attached to an aromatic ring is 1. The van der Waals surface area contributed by atoms with Crippen molar-refractivity contribution in [3.05, 3.63) is 58.1 Å². The van der Waals surface area contributed by atoms with Crippen LogP contribution in [0.5, 0.6) is 0 Å². The molecule has 0 unspecified atom stereocenters. The minimum atomic E-state index is 0.616. The summed E-state index contributed by atoms with van der Waals surface area (Å²) in [6, 6.07) is 13.6. The number of hydrogen-bond acceptors (Lipinski definition) is 3. The summed E-state index contributed by atoms with van der Waals surface area (Å²) in [5, 5.41) is 0. The first kappa shape index (κ1) is 13.2. The van der Waals surface area contributed by atoms with Crippen LogP contribution in [0.15, 0.2) is 51.8 Å². The molecule has 0 amide bonds. The Morgan fingerprint density at radius 1 is 1.17 bits per heavy atom. The fourth-order valence-electron chi connectivity index (χ4n) is 1.53. The zero-order valence-corrected chi connectivity index (χ0v) is 12.0. The van der Waals surface area contributed by atoms with Crippen LogP contribution in [0.2, 0.25) is 0 Å². The average Bonchev–Trinajstić information content (AvgIpc) is 2.39. The predicted octanol–water partition coefficient (Wildman–Crippen LogP) is 4.14. The highest BCUT2D eigenvalue weighted by Crippen LogP contribution is 2.27. The van der Waals surface area contributed by atoms with Crippen molar-refractivity contribution in [1.82, 2.24) is 0 Å². The third-order valence-electron chi connectivity index (χ3n) is 2.47. The number of hydrogen-bond donors (Lipinski definition) is 1. The number of rotatable bonds is 4. The standard InChI is InChI=1S/C14H12BrNOS/c15-12-3-1-10(2-4-12)9-18-14-6-5-13(16)7-11(14)8-17/h1-8H,9,16H2. The molecule has 2 N–H and O–H groups in total. The molecule has 0 heterocycles. The molecule has 0 aromatic heterocycles. The molecular formula is C14H12BrNOS. The molecule has 0 radical (unpaired) electrons. The van der Waals surface area contributed by atoms with Gasteiger partial charge in [-0.25, -0.2) is 0 Å². The number of carbonyl (C=O) groups is 1. The lowest BCUT2D eigenvalue weighted by Crippen LogP contribution is -1.91. The van der Waals surface area contributed by atoms with Gasteiger partial charge >= 0.3 is 0 Å². The van der Waals surface area contributed by atoms with Gasteiger partial charge in [-0.05, 0) is 35.9 Å². The minimum absolute atomic E-state index is 0.616. The van der Waals surface area contributed by atoms with Gasteiger partial charge in [0.05, 0.1) is 0 Å². The minimum Gasteiger partial charge on any atom is -0.399 e. The first-order chi connectivity index (χ1) is 8.69. The lowest BCUT2D eigenvalue weighted by Gasteiger charge is -2.06. The van der Waals surface area contributed by atoms with Crippen LogP contribution in [0.3, 0.4) is 0 Å². The Morgan fingerprint density at radius 3 is 2.56 bits per heavy atom. The molecule has 0 aliphatic rings. The Balaban J connectivity index is 2.10. The van der Waals surface area contributed by atoms with Crippen molar-refractivity contribution in [3.8, 4) is 0 Å². The summed E-state index contributed by atoms with van der Waals surface area (Å²) >= 11 is 5.04. The summed E-state index contributed by atoms with van der Waals surface area (Å²) in [5.74, 6) is 0.831. The second-order valence-electron chi connectivity index (χ2n) is 3.83. The van der Waals surface area contributed by atoms with Gasteiger partial charge in [-0.2, -0.15) is 0 Å². The molecule has 2 rings (SSSR count). The number of halogens is 1. The molecule has 18 heavy (non-hydrogen) atoms. The summed E-state index contributed by atoms with van der Waals surface area (Å²) in [5.41, 5.74) is 8.14. The van der Waals surface area contributed by atoms with Gasteiger partial charge < -0.3 is 5.73 Å². The number of anilines is 1. The van der Waals surface area contributed by atoms with Gasteiger partial charge in [-0.3, -0.25) is 4.79 Å². The van der Waals surface area contributed by atoms with Crippen LogP contribution < -0.4 is 5.73 Å². The van der Waals surface area contributed by atoms with Gasteiger partial charge in [0, 0.05) is 26.4 Å². The number of carbonyl (C=O) groups excluding carboxylic acids is 1. The lowest BCUT2D eigenvalue weighted by molar-refractivity contribution is 0.112. The quantitative estimate of drug-likeness (QED) is 0.523. The van der Waals surface area contributed by atoms with Gasteiger partial charge in [0.25, 0.3) is 0 Å². The van der Waals surface area contributed by atoms with Gasteiger partial charge in [-0.1, -0.05) is 28.1 Å². The predicted molar refractivity (Wildman–Crippen MR) is 79.9 cm³/mol. The van der Waals surface area contributed by atoms with E-state index in [1.807, 2.05) is 24.3 Å². The normalized spacial score (nSPS) is 10.3. The molecule has 0 atom stereocenters. The van der Waals surface area contributed by atoms with Crippen LogP contribution >= 0.6 is 27.7 Å².